The van der Waals surface area contributed by atoms with Crippen LogP contribution in [0.1, 0.15) is 18.1 Å². The number of anilines is 1. The predicted molar refractivity (Wildman–Crippen MR) is 98.0 cm³/mol. The molecule has 4 rings (SSSR count). The van der Waals surface area contributed by atoms with Crippen molar-refractivity contribution < 1.29 is 19.1 Å². The highest BCUT2D eigenvalue weighted by molar-refractivity contribution is 6.00. The number of hydrogen-bond acceptors (Lipinski definition) is 4. The van der Waals surface area contributed by atoms with E-state index in [9.17, 15) is 9.59 Å². The van der Waals surface area contributed by atoms with E-state index in [0.717, 1.165) is 29.0 Å². The van der Waals surface area contributed by atoms with E-state index < -0.39 is 5.97 Å². The zero-order chi connectivity index (χ0) is 18.1. The van der Waals surface area contributed by atoms with Gasteiger partial charge in [0, 0.05) is 17.3 Å². The Balaban J connectivity index is 1.43. The van der Waals surface area contributed by atoms with Crippen molar-refractivity contribution in [3.63, 3.8) is 0 Å². The van der Waals surface area contributed by atoms with Crippen LogP contribution in [0.5, 0.6) is 5.75 Å². The Labute approximate surface area is 151 Å². The molecule has 2 aromatic carbocycles. The SMILES string of the molecule is C[C@@H]1Cc2ccccc2N1C(=O)COC(=O)C1=Cc2ccccc2OC1. The van der Waals surface area contributed by atoms with E-state index in [4.69, 9.17) is 9.47 Å². The van der Waals surface area contributed by atoms with Crippen molar-refractivity contribution in [2.45, 2.75) is 19.4 Å². The molecule has 5 nitrogen and oxygen atoms in total. The Kier molecular flexibility index (Phi) is 4.21. The van der Waals surface area contributed by atoms with Gasteiger partial charge in [-0.25, -0.2) is 4.79 Å². The van der Waals surface area contributed by atoms with Gasteiger partial charge in [0.15, 0.2) is 6.61 Å². The third kappa shape index (κ3) is 2.96. The van der Waals surface area contributed by atoms with E-state index in [2.05, 4.69) is 0 Å². The van der Waals surface area contributed by atoms with Crippen molar-refractivity contribution in [1.29, 1.82) is 0 Å². The molecule has 2 aromatic rings. The van der Waals surface area contributed by atoms with Crippen LogP contribution in [0.15, 0.2) is 54.1 Å². The predicted octanol–water partition coefficient (Wildman–Crippen LogP) is 2.98. The second kappa shape index (κ2) is 6.67. The first-order valence-corrected chi connectivity index (χ1v) is 8.63. The summed E-state index contributed by atoms with van der Waals surface area (Å²) in [6, 6.07) is 15.4. The van der Waals surface area contributed by atoms with Crippen molar-refractivity contribution in [3.8, 4) is 5.75 Å². The minimum Gasteiger partial charge on any atom is -0.488 e. The van der Waals surface area contributed by atoms with Crippen molar-refractivity contribution in [2.75, 3.05) is 18.1 Å². The topological polar surface area (TPSA) is 55.8 Å². The molecule has 0 saturated heterocycles. The first-order chi connectivity index (χ1) is 12.6. The number of fused-ring (bicyclic) bond motifs is 2. The van der Waals surface area contributed by atoms with Crippen LogP contribution in [0.2, 0.25) is 0 Å². The highest BCUT2D eigenvalue weighted by Gasteiger charge is 2.31. The van der Waals surface area contributed by atoms with Gasteiger partial charge in [-0.1, -0.05) is 36.4 Å². The van der Waals surface area contributed by atoms with E-state index in [1.807, 2.05) is 55.5 Å². The Morgan fingerprint density at radius 1 is 1.15 bits per heavy atom. The molecule has 2 aliphatic heterocycles. The highest BCUT2D eigenvalue weighted by Crippen LogP contribution is 2.32. The number of nitrogens with zero attached hydrogens (tertiary/aromatic N) is 1. The summed E-state index contributed by atoms with van der Waals surface area (Å²) in [6.45, 7) is 1.86. The van der Waals surface area contributed by atoms with E-state index in [-0.39, 0.29) is 25.2 Å². The fraction of sp³-hybridized carbons (Fsp3) is 0.238. The molecule has 0 aliphatic carbocycles. The van der Waals surface area contributed by atoms with Crippen LogP contribution >= 0.6 is 0 Å². The minimum absolute atomic E-state index is 0.0581. The quantitative estimate of drug-likeness (QED) is 0.800. The van der Waals surface area contributed by atoms with Crippen molar-refractivity contribution in [1.82, 2.24) is 0 Å². The number of para-hydroxylation sites is 2. The molecule has 1 amide bonds. The number of ether oxygens (including phenoxy) is 2. The molecule has 132 valence electrons. The summed E-state index contributed by atoms with van der Waals surface area (Å²) in [5, 5.41) is 0. The number of carbonyl (C=O) groups is 2. The molecule has 26 heavy (non-hydrogen) atoms. The van der Waals surface area contributed by atoms with Gasteiger partial charge in [-0.3, -0.25) is 4.79 Å². The number of carbonyl (C=O) groups excluding carboxylic acids is 2. The van der Waals surface area contributed by atoms with Crippen LogP contribution in [-0.2, 0) is 20.7 Å². The summed E-state index contributed by atoms with van der Waals surface area (Å²) in [5.41, 5.74) is 3.28. The fourth-order valence-corrected chi connectivity index (χ4v) is 3.47. The van der Waals surface area contributed by atoms with Crippen LogP contribution < -0.4 is 9.64 Å². The van der Waals surface area contributed by atoms with Gasteiger partial charge in [-0.2, -0.15) is 0 Å². The standard InChI is InChI=1S/C21H19NO4/c1-14-10-15-6-2-4-8-18(15)22(14)20(23)13-26-21(24)17-11-16-7-3-5-9-19(16)25-12-17/h2-9,11,14H,10,12-13H2,1H3/t14-/m1/s1. The number of hydrogen-bond donors (Lipinski definition) is 0. The third-order valence-corrected chi connectivity index (χ3v) is 4.70. The summed E-state index contributed by atoms with van der Waals surface area (Å²) in [5.74, 6) is 0.00383. The summed E-state index contributed by atoms with van der Waals surface area (Å²) in [7, 11) is 0. The van der Waals surface area contributed by atoms with Gasteiger partial charge in [0.1, 0.15) is 12.4 Å². The molecule has 0 aromatic heterocycles. The third-order valence-electron chi connectivity index (χ3n) is 4.70. The zero-order valence-corrected chi connectivity index (χ0v) is 14.5. The molecule has 0 radical (unpaired) electrons. The van der Waals surface area contributed by atoms with Crippen LogP contribution in [0, 0.1) is 0 Å². The maximum Gasteiger partial charge on any atom is 0.338 e. The molecular formula is C21H19NO4. The van der Waals surface area contributed by atoms with Crippen molar-refractivity contribution in [2.24, 2.45) is 0 Å². The van der Waals surface area contributed by atoms with Crippen LogP contribution in [0.4, 0.5) is 5.69 Å². The molecule has 0 unspecified atom stereocenters. The average molecular weight is 349 g/mol. The van der Waals surface area contributed by atoms with Gasteiger partial charge < -0.3 is 14.4 Å². The molecule has 0 fully saturated rings. The smallest absolute Gasteiger partial charge is 0.338 e. The summed E-state index contributed by atoms with van der Waals surface area (Å²) < 4.78 is 10.8. The second-order valence-corrected chi connectivity index (χ2v) is 6.52. The normalized spacial score (nSPS) is 17.7. The number of benzene rings is 2. The summed E-state index contributed by atoms with van der Waals surface area (Å²) in [4.78, 5) is 26.6. The Morgan fingerprint density at radius 2 is 1.92 bits per heavy atom. The lowest BCUT2D eigenvalue weighted by Crippen LogP contribution is -2.39. The molecule has 5 heteroatoms. The number of amides is 1. The van der Waals surface area contributed by atoms with Gasteiger partial charge >= 0.3 is 5.97 Å². The average Bonchev–Trinajstić information content (AvgIpc) is 3.01. The maximum absolute atomic E-state index is 12.6. The van der Waals surface area contributed by atoms with Crippen LogP contribution in [-0.4, -0.2) is 31.1 Å². The molecule has 0 bridgehead atoms. The van der Waals surface area contributed by atoms with Crippen molar-refractivity contribution in [3.05, 3.63) is 65.2 Å². The van der Waals surface area contributed by atoms with Gasteiger partial charge in [0.05, 0.1) is 5.57 Å². The highest BCUT2D eigenvalue weighted by atomic mass is 16.5. The molecule has 1 atom stereocenters. The van der Waals surface area contributed by atoms with Crippen molar-refractivity contribution >= 4 is 23.6 Å². The lowest BCUT2D eigenvalue weighted by Gasteiger charge is -2.23. The lowest BCUT2D eigenvalue weighted by atomic mass is 10.1. The van der Waals surface area contributed by atoms with E-state index in [0.29, 0.717) is 5.57 Å². The van der Waals surface area contributed by atoms with Crippen LogP contribution in [0.3, 0.4) is 0 Å². The maximum atomic E-state index is 12.6. The Morgan fingerprint density at radius 3 is 2.81 bits per heavy atom. The monoisotopic (exact) mass is 349 g/mol. The molecular weight excluding hydrogens is 330 g/mol. The van der Waals surface area contributed by atoms with Gasteiger partial charge in [0.25, 0.3) is 5.91 Å². The van der Waals surface area contributed by atoms with E-state index in [1.54, 1.807) is 11.0 Å². The van der Waals surface area contributed by atoms with Crippen LogP contribution in [0.25, 0.3) is 6.08 Å². The first kappa shape index (κ1) is 16.4. The molecule has 0 spiro atoms. The second-order valence-electron chi connectivity index (χ2n) is 6.52. The van der Waals surface area contributed by atoms with E-state index >= 15 is 0 Å². The molecule has 2 aliphatic rings. The van der Waals surface area contributed by atoms with Gasteiger partial charge in [0.2, 0.25) is 0 Å². The molecule has 0 saturated carbocycles. The zero-order valence-electron chi connectivity index (χ0n) is 14.5. The Hall–Kier alpha value is -3.08. The Bertz CT molecular complexity index is 902. The minimum atomic E-state index is -0.520. The lowest BCUT2D eigenvalue weighted by molar-refractivity contribution is -0.144. The number of esters is 1. The van der Waals surface area contributed by atoms with E-state index in [1.165, 1.54) is 0 Å². The van der Waals surface area contributed by atoms with Gasteiger partial charge in [-0.05, 0) is 37.1 Å². The molecule has 2 heterocycles. The molecule has 0 N–H and O–H groups in total. The summed E-state index contributed by atoms with van der Waals surface area (Å²) >= 11 is 0. The first-order valence-electron chi connectivity index (χ1n) is 8.63. The number of rotatable bonds is 3. The fourth-order valence-electron chi connectivity index (χ4n) is 3.47. The summed E-state index contributed by atoms with van der Waals surface area (Å²) in [6.07, 6.45) is 2.56. The largest absolute Gasteiger partial charge is 0.488 e. The van der Waals surface area contributed by atoms with Gasteiger partial charge in [-0.15, -0.1) is 0 Å².